The van der Waals surface area contributed by atoms with Crippen molar-refractivity contribution in [3.63, 3.8) is 0 Å². The lowest BCUT2D eigenvalue weighted by Crippen LogP contribution is -2.35. The first kappa shape index (κ1) is 20.7. The van der Waals surface area contributed by atoms with Crippen molar-refractivity contribution in [1.82, 2.24) is 14.9 Å². The van der Waals surface area contributed by atoms with E-state index in [0.29, 0.717) is 17.2 Å². The van der Waals surface area contributed by atoms with Gasteiger partial charge in [-0.05, 0) is 36.5 Å². The molecule has 1 aromatic carbocycles. The maximum Gasteiger partial charge on any atom is 0.225 e. The first-order chi connectivity index (χ1) is 14.6. The van der Waals surface area contributed by atoms with Gasteiger partial charge in [0.15, 0.2) is 11.5 Å². The van der Waals surface area contributed by atoms with Gasteiger partial charge in [-0.25, -0.2) is 9.97 Å². The Morgan fingerprint density at radius 1 is 1.00 bits per heavy atom. The predicted molar refractivity (Wildman–Crippen MR) is 117 cm³/mol. The minimum Gasteiger partial charge on any atom is -0.493 e. The highest BCUT2D eigenvalue weighted by Crippen LogP contribution is 2.38. The summed E-state index contributed by atoms with van der Waals surface area (Å²) in [6, 6.07) is 4.04. The Balaban J connectivity index is 1.46. The summed E-state index contributed by atoms with van der Waals surface area (Å²) in [7, 11) is 4.92. The molecule has 2 aromatic rings. The van der Waals surface area contributed by atoms with Crippen LogP contribution in [0, 0.1) is 5.92 Å². The van der Waals surface area contributed by atoms with Crippen molar-refractivity contribution >= 4 is 5.95 Å². The van der Waals surface area contributed by atoms with Crippen molar-refractivity contribution in [2.24, 2.45) is 5.92 Å². The summed E-state index contributed by atoms with van der Waals surface area (Å²) in [5.41, 5.74) is 3.55. The summed E-state index contributed by atoms with van der Waals surface area (Å²) >= 11 is 0. The van der Waals surface area contributed by atoms with E-state index in [1.807, 2.05) is 18.3 Å². The largest absolute Gasteiger partial charge is 0.493 e. The number of hydrogen-bond donors (Lipinski definition) is 0. The summed E-state index contributed by atoms with van der Waals surface area (Å²) < 4.78 is 16.4. The molecule has 7 heteroatoms. The molecule has 0 bridgehead atoms. The molecule has 0 radical (unpaired) electrons. The van der Waals surface area contributed by atoms with Gasteiger partial charge < -0.3 is 19.1 Å². The van der Waals surface area contributed by atoms with Crippen LogP contribution in [0.4, 0.5) is 5.95 Å². The van der Waals surface area contributed by atoms with E-state index in [4.69, 9.17) is 24.2 Å². The number of anilines is 1. The molecule has 0 amide bonds. The zero-order chi connectivity index (χ0) is 21.1. The average Bonchev–Trinajstić information content (AvgIpc) is 2.78. The van der Waals surface area contributed by atoms with Gasteiger partial charge in [0.2, 0.25) is 11.7 Å². The second-order valence-electron chi connectivity index (χ2n) is 8.31. The quantitative estimate of drug-likeness (QED) is 0.721. The van der Waals surface area contributed by atoms with Gasteiger partial charge in [-0.1, -0.05) is 6.92 Å². The molecule has 1 saturated heterocycles. The third-order valence-electron chi connectivity index (χ3n) is 6.20. The Morgan fingerprint density at radius 2 is 1.70 bits per heavy atom. The lowest BCUT2D eigenvalue weighted by Gasteiger charge is -2.32. The maximum atomic E-state index is 5.49. The molecule has 0 aliphatic carbocycles. The molecule has 0 atom stereocenters. The topological polar surface area (TPSA) is 60.0 Å². The molecule has 0 unspecified atom stereocenters. The number of ether oxygens (including phenoxy) is 3. The molecule has 30 heavy (non-hydrogen) atoms. The van der Waals surface area contributed by atoms with E-state index in [2.05, 4.69) is 16.7 Å². The van der Waals surface area contributed by atoms with Gasteiger partial charge in [-0.15, -0.1) is 0 Å². The summed E-state index contributed by atoms with van der Waals surface area (Å²) in [6.45, 7) is 7.08. The van der Waals surface area contributed by atoms with Crippen LogP contribution in [0.5, 0.6) is 17.2 Å². The number of piperidine rings is 1. The van der Waals surface area contributed by atoms with Crippen molar-refractivity contribution in [2.45, 2.75) is 39.3 Å². The number of nitrogens with zero attached hydrogens (tertiary/aromatic N) is 4. The molecule has 2 aliphatic heterocycles. The zero-order valence-corrected chi connectivity index (χ0v) is 18.5. The Hall–Kier alpha value is -2.54. The van der Waals surface area contributed by atoms with Crippen LogP contribution in [-0.4, -0.2) is 55.8 Å². The molecule has 162 valence electrons. The minimum atomic E-state index is 0.626. The first-order valence-electron chi connectivity index (χ1n) is 10.7. The lowest BCUT2D eigenvalue weighted by molar-refractivity contribution is 0.241. The molecule has 1 fully saturated rings. The first-order valence-corrected chi connectivity index (χ1v) is 10.7. The third kappa shape index (κ3) is 4.31. The van der Waals surface area contributed by atoms with E-state index in [1.54, 1.807) is 21.3 Å². The highest BCUT2D eigenvalue weighted by Gasteiger charge is 2.23. The van der Waals surface area contributed by atoms with E-state index >= 15 is 0 Å². The molecule has 2 aliphatic rings. The van der Waals surface area contributed by atoms with Gasteiger partial charge in [-0.3, -0.25) is 4.90 Å². The van der Waals surface area contributed by atoms with Crippen LogP contribution in [-0.2, 0) is 19.5 Å². The highest BCUT2D eigenvalue weighted by molar-refractivity contribution is 5.53. The Labute approximate surface area is 179 Å². The number of rotatable bonds is 6. The van der Waals surface area contributed by atoms with Gasteiger partial charge in [-0.2, -0.15) is 0 Å². The van der Waals surface area contributed by atoms with Crippen LogP contribution in [0.25, 0.3) is 0 Å². The van der Waals surface area contributed by atoms with E-state index in [1.165, 1.54) is 24.1 Å². The normalized spacial score (nSPS) is 17.5. The molecule has 0 N–H and O–H groups in total. The zero-order valence-electron chi connectivity index (χ0n) is 18.5. The smallest absolute Gasteiger partial charge is 0.225 e. The predicted octanol–water partition coefficient (Wildman–Crippen LogP) is 3.30. The van der Waals surface area contributed by atoms with Crippen LogP contribution in [0.1, 0.15) is 36.6 Å². The van der Waals surface area contributed by atoms with Crippen molar-refractivity contribution < 1.29 is 14.2 Å². The number of benzene rings is 1. The second kappa shape index (κ2) is 9.08. The Morgan fingerprint density at radius 3 is 2.33 bits per heavy atom. The van der Waals surface area contributed by atoms with E-state index in [0.717, 1.165) is 56.6 Å². The lowest BCUT2D eigenvalue weighted by atomic mass is 9.99. The Kier molecular flexibility index (Phi) is 6.27. The van der Waals surface area contributed by atoms with Crippen molar-refractivity contribution in [2.75, 3.05) is 45.9 Å². The summed E-state index contributed by atoms with van der Waals surface area (Å²) in [5, 5.41) is 0. The van der Waals surface area contributed by atoms with Crippen LogP contribution in [0.15, 0.2) is 18.3 Å². The number of fused-ring (bicyclic) bond motifs is 1. The number of aromatic nitrogens is 2. The van der Waals surface area contributed by atoms with E-state index in [9.17, 15) is 0 Å². The fraction of sp³-hybridized carbons (Fsp3) is 0.565. The fourth-order valence-electron chi connectivity index (χ4n) is 4.34. The molecule has 0 saturated carbocycles. The third-order valence-corrected chi connectivity index (χ3v) is 6.20. The van der Waals surface area contributed by atoms with Crippen molar-refractivity contribution in [3.8, 4) is 17.2 Å². The Bertz CT molecular complexity index is 856. The van der Waals surface area contributed by atoms with Gasteiger partial charge >= 0.3 is 0 Å². The van der Waals surface area contributed by atoms with Crippen LogP contribution >= 0.6 is 0 Å². The number of methoxy groups -OCH3 is 3. The minimum absolute atomic E-state index is 0.626. The summed E-state index contributed by atoms with van der Waals surface area (Å²) in [6.07, 6.45) is 5.42. The SMILES string of the molecule is COc1cc(CN2CCc3nc(N4CCC(C)CC4)ncc3C2)cc(OC)c1OC. The number of hydrogen-bond acceptors (Lipinski definition) is 7. The summed E-state index contributed by atoms with van der Waals surface area (Å²) in [5.74, 6) is 3.71. The molecule has 7 nitrogen and oxygen atoms in total. The molecular weight excluding hydrogens is 380 g/mol. The van der Waals surface area contributed by atoms with Gasteiger partial charge in [0, 0.05) is 50.9 Å². The van der Waals surface area contributed by atoms with Gasteiger partial charge in [0.25, 0.3) is 0 Å². The monoisotopic (exact) mass is 412 g/mol. The molecule has 1 aromatic heterocycles. The molecule has 0 spiro atoms. The van der Waals surface area contributed by atoms with Crippen molar-refractivity contribution in [3.05, 3.63) is 35.2 Å². The van der Waals surface area contributed by atoms with Crippen LogP contribution in [0.2, 0.25) is 0 Å². The van der Waals surface area contributed by atoms with Crippen LogP contribution in [0.3, 0.4) is 0 Å². The molecule has 4 rings (SSSR count). The average molecular weight is 413 g/mol. The van der Waals surface area contributed by atoms with Gasteiger partial charge in [0.1, 0.15) is 0 Å². The highest BCUT2D eigenvalue weighted by atomic mass is 16.5. The van der Waals surface area contributed by atoms with Crippen LogP contribution < -0.4 is 19.1 Å². The standard InChI is InChI=1S/C23H32N4O3/c1-16-5-9-27(10-6-16)23-24-13-18-15-26(8-7-19(18)25-23)14-17-11-20(28-2)22(30-4)21(12-17)29-3/h11-13,16H,5-10,14-15H2,1-4H3. The van der Waals surface area contributed by atoms with Gasteiger partial charge in [0.05, 0.1) is 27.0 Å². The van der Waals surface area contributed by atoms with E-state index in [-0.39, 0.29) is 0 Å². The second-order valence-corrected chi connectivity index (χ2v) is 8.31. The van der Waals surface area contributed by atoms with E-state index < -0.39 is 0 Å². The molecule has 3 heterocycles. The molecular formula is C23H32N4O3. The van der Waals surface area contributed by atoms with Crippen molar-refractivity contribution in [1.29, 1.82) is 0 Å². The fourth-order valence-corrected chi connectivity index (χ4v) is 4.34. The summed E-state index contributed by atoms with van der Waals surface area (Å²) in [4.78, 5) is 14.4. The maximum absolute atomic E-state index is 5.49.